The zero-order valence-corrected chi connectivity index (χ0v) is 14.5. The lowest BCUT2D eigenvalue weighted by Crippen LogP contribution is -2.35. The Kier molecular flexibility index (Phi) is 4.74. The van der Waals surface area contributed by atoms with Gasteiger partial charge < -0.3 is 4.90 Å². The highest BCUT2D eigenvalue weighted by atomic mass is 79.9. The first-order valence-electron chi connectivity index (χ1n) is 7.25. The fourth-order valence-electron chi connectivity index (χ4n) is 2.62. The molecule has 0 saturated heterocycles. The van der Waals surface area contributed by atoms with Crippen LogP contribution >= 0.6 is 27.3 Å². The molecule has 0 atom stereocenters. The lowest BCUT2D eigenvalue weighted by atomic mass is 10.1. The van der Waals surface area contributed by atoms with E-state index >= 15 is 0 Å². The van der Waals surface area contributed by atoms with Crippen LogP contribution in [0.3, 0.4) is 0 Å². The molecule has 0 radical (unpaired) electrons. The Morgan fingerprint density at radius 1 is 1.14 bits per heavy atom. The van der Waals surface area contributed by atoms with Crippen LogP contribution in [0.25, 0.3) is 0 Å². The summed E-state index contributed by atoms with van der Waals surface area (Å²) in [5.74, 6) is 0.0939. The van der Waals surface area contributed by atoms with Gasteiger partial charge in [0.15, 0.2) is 5.78 Å². The zero-order chi connectivity index (χ0) is 15.5. The van der Waals surface area contributed by atoms with E-state index in [0.29, 0.717) is 12.1 Å². The normalized spacial score (nSPS) is 13.8. The van der Waals surface area contributed by atoms with Crippen molar-refractivity contribution in [2.24, 2.45) is 0 Å². The van der Waals surface area contributed by atoms with Crippen molar-refractivity contribution in [3.05, 3.63) is 56.2 Å². The minimum absolute atomic E-state index is 0.0223. The Labute approximate surface area is 142 Å². The van der Waals surface area contributed by atoms with Crippen LogP contribution in [-0.2, 0) is 17.8 Å². The van der Waals surface area contributed by atoms with E-state index in [1.165, 1.54) is 10.4 Å². The summed E-state index contributed by atoms with van der Waals surface area (Å²) in [6.07, 6.45) is 1.49. The van der Waals surface area contributed by atoms with Gasteiger partial charge in [0.05, 0.1) is 0 Å². The fourth-order valence-corrected chi connectivity index (χ4v) is 3.77. The molecule has 3 nitrogen and oxygen atoms in total. The predicted molar refractivity (Wildman–Crippen MR) is 91.1 cm³/mol. The molecule has 0 spiro atoms. The fraction of sp³-hybridized carbons (Fsp3) is 0.294. The Bertz CT molecular complexity index is 693. The Hall–Kier alpha value is -1.46. The minimum Gasteiger partial charge on any atom is -0.338 e. The van der Waals surface area contributed by atoms with E-state index in [9.17, 15) is 9.59 Å². The number of nitrogens with zero attached hydrogens (tertiary/aromatic N) is 1. The van der Waals surface area contributed by atoms with Crippen LogP contribution in [0.2, 0.25) is 0 Å². The highest BCUT2D eigenvalue weighted by molar-refractivity contribution is 9.10. The quantitative estimate of drug-likeness (QED) is 0.753. The number of carbonyl (C=O) groups excluding carboxylic acids is 2. The van der Waals surface area contributed by atoms with E-state index in [1.807, 2.05) is 17.0 Å². The SMILES string of the molecule is O=C(CCC(=O)N1CCc2sccc2C1)c1ccc(Br)cc1. The van der Waals surface area contributed by atoms with Crippen molar-refractivity contribution in [2.45, 2.75) is 25.8 Å². The summed E-state index contributed by atoms with van der Waals surface area (Å²) in [5, 5.41) is 2.08. The monoisotopic (exact) mass is 377 g/mol. The number of amides is 1. The Balaban J connectivity index is 1.54. The van der Waals surface area contributed by atoms with Crippen LogP contribution in [-0.4, -0.2) is 23.1 Å². The van der Waals surface area contributed by atoms with Gasteiger partial charge in [-0.3, -0.25) is 9.59 Å². The maximum Gasteiger partial charge on any atom is 0.223 e. The molecule has 5 heteroatoms. The van der Waals surface area contributed by atoms with Crippen molar-refractivity contribution < 1.29 is 9.59 Å². The van der Waals surface area contributed by atoms with E-state index in [2.05, 4.69) is 27.4 Å². The zero-order valence-electron chi connectivity index (χ0n) is 12.0. The molecule has 1 aliphatic rings. The summed E-state index contributed by atoms with van der Waals surface area (Å²) in [6.45, 7) is 1.45. The second-order valence-corrected chi connectivity index (χ2v) is 7.28. The first-order valence-corrected chi connectivity index (χ1v) is 8.92. The minimum atomic E-state index is 0.0223. The molecule has 0 unspecified atom stereocenters. The molecule has 3 rings (SSSR count). The van der Waals surface area contributed by atoms with Gasteiger partial charge in [0, 0.05) is 40.8 Å². The van der Waals surface area contributed by atoms with Gasteiger partial charge >= 0.3 is 0 Å². The average molecular weight is 378 g/mol. The largest absolute Gasteiger partial charge is 0.338 e. The van der Waals surface area contributed by atoms with Gasteiger partial charge in [0.2, 0.25) is 5.91 Å². The highest BCUT2D eigenvalue weighted by Crippen LogP contribution is 2.24. The molecule has 0 saturated carbocycles. The topological polar surface area (TPSA) is 37.4 Å². The van der Waals surface area contributed by atoms with Crippen molar-refractivity contribution in [1.29, 1.82) is 0 Å². The molecular formula is C17H16BrNO2S. The molecule has 1 aromatic carbocycles. The van der Waals surface area contributed by atoms with Gasteiger partial charge in [-0.15, -0.1) is 11.3 Å². The van der Waals surface area contributed by atoms with E-state index in [0.717, 1.165) is 17.4 Å². The number of Topliss-reactive ketones (excluding diaryl/α,β-unsaturated/α-hetero) is 1. The maximum absolute atomic E-state index is 12.3. The first-order chi connectivity index (χ1) is 10.6. The number of thiophene rings is 1. The van der Waals surface area contributed by atoms with E-state index in [4.69, 9.17) is 0 Å². The number of ketones is 1. The average Bonchev–Trinajstić information content (AvgIpc) is 3.00. The predicted octanol–water partition coefficient (Wildman–Crippen LogP) is 4.06. The summed E-state index contributed by atoms with van der Waals surface area (Å²) < 4.78 is 0.944. The van der Waals surface area contributed by atoms with Gasteiger partial charge in [-0.05, 0) is 35.6 Å². The number of hydrogen-bond donors (Lipinski definition) is 0. The smallest absolute Gasteiger partial charge is 0.223 e. The van der Waals surface area contributed by atoms with Crippen molar-refractivity contribution in [1.82, 2.24) is 4.90 Å². The van der Waals surface area contributed by atoms with Crippen LogP contribution in [0.15, 0.2) is 40.2 Å². The summed E-state index contributed by atoms with van der Waals surface area (Å²) in [7, 11) is 0. The molecule has 0 aliphatic carbocycles. The van der Waals surface area contributed by atoms with E-state index < -0.39 is 0 Å². The van der Waals surface area contributed by atoms with Crippen LogP contribution in [0.5, 0.6) is 0 Å². The molecular weight excluding hydrogens is 362 g/mol. The van der Waals surface area contributed by atoms with Crippen LogP contribution in [0.4, 0.5) is 0 Å². The van der Waals surface area contributed by atoms with Crippen molar-refractivity contribution in [2.75, 3.05) is 6.54 Å². The Morgan fingerprint density at radius 2 is 1.91 bits per heavy atom. The van der Waals surface area contributed by atoms with Gasteiger partial charge in [0.1, 0.15) is 0 Å². The molecule has 0 fully saturated rings. The number of benzene rings is 1. The second kappa shape index (κ2) is 6.75. The first kappa shape index (κ1) is 15.4. The number of fused-ring (bicyclic) bond motifs is 1. The summed E-state index contributed by atoms with van der Waals surface area (Å²) in [6, 6.07) is 9.35. The van der Waals surface area contributed by atoms with Crippen LogP contribution in [0.1, 0.15) is 33.6 Å². The van der Waals surface area contributed by atoms with E-state index in [-0.39, 0.29) is 24.5 Å². The lowest BCUT2D eigenvalue weighted by molar-refractivity contribution is -0.132. The third kappa shape index (κ3) is 3.47. The summed E-state index contributed by atoms with van der Waals surface area (Å²) in [5.41, 5.74) is 1.92. The van der Waals surface area contributed by atoms with Gasteiger partial charge in [-0.2, -0.15) is 0 Å². The maximum atomic E-state index is 12.3. The molecule has 0 N–H and O–H groups in total. The van der Waals surface area contributed by atoms with Crippen LogP contribution in [0, 0.1) is 0 Å². The summed E-state index contributed by atoms with van der Waals surface area (Å²) >= 11 is 5.11. The molecule has 0 bridgehead atoms. The van der Waals surface area contributed by atoms with Gasteiger partial charge in [0.25, 0.3) is 0 Å². The highest BCUT2D eigenvalue weighted by Gasteiger charge is 2.21. The van der Waals surface area contributed by atoms with Crippen molar-refractivity contribution in [3.8, 4) is 0 Å². The Morgan fingerprint density at radius 3 is 2.68 bits per heavy atom. The molecule has 114 valence electrons. The van der Waals surface area contributed by atoms with E-state index in [1.54, 1.807) is 23.5 Å². The summed E-state index contributed by atoms with van der Waals surface area (Å²) in [4.78, 5) is 27.7. The molecule has 1 aromatic heterocycles. The number of carbonyl (C=O) groups is 2. The van der Waals surface area contributed by atoms with Gasteiger partial charge in [-0.25, -0.2) is 0 Å². The van der Waals surface area contributed by atoms with Crippen molar-refractivity contribution in [3.63, 3.8) is 0 Å². The molecule has 1 aliphatic heterocycles. The lowest BCUT2D eigenvalue weighted by Gasteiger charge is -2.27. The van der Waals surface area contributed by atoms with Crippen molar-refractivity contribution >= 4 is 39.0 Å². The third-order valence-corrected chi connectivity index (χ3v) is 5.44. The molecule has 1 amide bonds. The molecule has 2 aromatic rings. The number of rotatable bonds is 4. The standard InChI is InChI=1S/C17H16BrNO2S/c18-14-3-1-12(2-4-14)15(20)5-6-17(21)19-9-7-16-13(11-19)8-10-22-16/h1-4,8,10H,5-7,9,11H2. The second-order valence-electron chi connectivity index (χ2n) is 5.36. The third-order valence-electron chi connectivity index (χ3n) is 3.89. The molecule has 22 heavy (non-hydrogen) atoms. The molecule has 2 heterocycles. The number of halogens is 1. The number of hydrogen-bond acceptors (Lipinski definition) is 3. The van der Waals surface area contributed by atoms with Crippen LogP contribution < -0.4 is 0 Å². The van der Waals surface area contributed by atoms with Gasteiger partial charge in [-0.1, -0.05) is 28.1 Å².